The molecule has 1 atom stereocenters. The smallest absolute Gasteiger partial charge is 0.106 e. The summed E-state index contributed by atoms with van der Waals surface area (Å²) in [6.45, 7) is 1.99. The standard InChI is InChI=1S/C15H18N4/c1-10-18-12-8-11(4-5-13(12)19(10)2)14(17)15(9-16)6-3-7-15/h4-5,8,14H,3,6-7,17H2,1-2H3. The highest BCUT2D eigenvalue weighted by atomic mass is 15.0. The normalized spacial score (nSPS) is 18.8. The zero-order valence-corrected chi connectivity index (χ0v) is 11.3. The second-order valence-electron chi connectivity index (χ2n) is 5.57. The van der Waals surface area contributed by atoms with Gasteiger partial charge in [-0.3, -0.25) is 0 Å². The van der Waals surface area contributed by atoms with E-state index >= 15 is 0 Å². The van der Waals surface area contributed by atoms with Crippen molar-refractivity contribution in [2.75, 3.05) is 0 Å². The molecule has 1 aliphatic rings. The molecule has 98 valence electrons. The van der Waals surface area contributed by atoms with E-state index in [1.807, 2.05) is 32.2 Å². The predicted molar refractivity (Wildman–Crippen MR) is 74.3 cm³/mol. The first-order valence-electron chi connectivity index (χ1n) is 6.67. The van der Waals surface area contributed by atoms with E-state index in [1.54, 1.807) is 0 Å². The molecule has 0 amide bonds. The van der Waals surface area contributed by atoms with Crippen molar-refractivity contribution in [3.8, 4) is 6.07 Å². The zero-order valence-electron chi connectivity index (χ0n) is 11.3. The van der Waals surface area contributed by atoms with Crippen molar-refractivity contribution in [1.29, 1.82) is 5.26 Å². The number of aromatic nitrogens is 2. The van der Waals surface area contributed by atoms with Gasteiger partial charge in [0.2, 0.25) is 0 Å². The summed E-state index contributed by atoms with van der Waals surface area (Å²) in [5.41, 5.74) is 9.04. The molecule has 0 spiro atoms. The Morgan fingerprint density at radius 3 is 2.79 bits per heavy atom. The summed E-state index contributed by atoms with van der Waals surface area (Å²) in [5, 5.41) is 9.38. The number of nitrogens with two attached hydrogens (primary N) is 1. The summed E-state index contributed by atoms with van der Waals surface area (Å²) in [7, 11) is 2.01. The van der Waals surface area contributed by atoms with Crippen molar-refractivity contribution < 1.29 is 0 Å². The van der Waals surface area contributed by atoms with Crippen LogP contribution < -0.4 is 5.73 Å². The predicted octanol–water partition coefficient (Wildman–Crippen LogP) is 2.58. The van der Waals surface area contributed by atoms with Gasteiger partial charge in [0.1, 0.15) is 5.82 Å². The fraction of sp³-hybridized carbons (Fsp3) is 0.467. The second kappa shape index (κ2) is 4.07. The lowest BCUT2D eigenvalue weighted by molar-refractivity contribution is 0.169. The molecule has 1 aromatic carbocycles. The van der Waals surface area contributed by atoms with Gasteiger partial charge in [0.15, 0.2) is 0 Å². The highest BCUT2D eigenvalue weighted by Gasteiger charge is 2.43. The molecule has 1 heterocycles. The molecule has 1 aromatic heterocycles. The molecule has 19 heavy (non-hydrogen) atoms. The molecule has 4 nitrogen and oxygen atoms in total. The van der Waals surface area contributed by atoms with Crippen LogP contribution in [0.3, 0.4) is 0 Å². The largest absolute Gasteiger partial charge is 0.331 e. The molecule has 2 N–H and O–H groups in total. The first kappa shape index (κ1) is 12.2. The van der Waals surface area contributed by atoms with Crippen molar-refractivity contribution in [1.82, 2.24) is 9.55 Å². The van der Waals surface area contributed by atoms with Crippen LogP contribution in [0.4, 0.5) is 0 Å². The number of aryl methyl sites for hydroxylation is 2. The van der Waals surface area contributed by atoms with Crippen molar-refractivity contribution in [2.45, 2.75) is 32.2 Å². The molecule has 0 bridgehead atoms. The molecule has 2 aromatic rings. The van der Waals surface area contributed by atoms with Crippen molar-refractivity contribution >= 4 is 11.0 Å². The van der Waals surface area contributed by atoms with Gasteiger partial charge in [-0.25, -0.2) is 4.98 Å². The van der Waals surface area contributed by atoms with Gasteiger partial charge in [-0.2, -0.15) is 5.26 Å². The molecule has 0 aliphatic heterocycles. The van der Waals surface area contributed by atoms with Crippen LogP contribution in [0.2, 0.25) is 0 Å². The van der Waals surface area contributed by atoms with E-state index < -0.39 is 0 Å². The van der Waals surface area contributed by atoms with E-state index in [9.17, 15) is 5.26 Å². The van der Waals surface area contributed by atoms with Gasteiger partial charge in [-0.05, 0) is 37.5 Å². The maximum atomic E-state index is 9.38. The third-order valence-electron chi connectivity index (χ3n) is 4.55. The van der Waals surface area contributed by atoms with Crippen molar-refractivity contribution in [3.63, 3.8) is 0 Å². The third-order valence-corrected chi connectivity index (χ3v) is 4.55. The first-order chi connectivity index (χ1) is 9.07. The van der Waals surface area contributed by atoms with E-state index in [0.29, 0.717) is 0 Å². The van der Waals surface area contributed by atoms with Crippen LogP contribution >= 0.6 is 0 Å². The van der Waals surface area contributed by atoms with Crippen LogP contribution in [-0.4, -0.2) is 9.55 Å². The molecular weight excluding hydrogens is 236 g/mol. The molecule has 3 rings (SSSR count). The summed E-state index contributed by atoms with van der Waals surface area (Å²) < 4.78 is 2.06. The van der Waals surface area contributed by atoms with Crippen LogP contribution in [0.1, 0.15) is 36.7 Å². The number of fused-ring (bicyclic) bond motifs is 1. The van der Waals surface area contributed by atoms with Gasteiger partial charge in [-0.1, -0.05) is 12.5 Å². The van der Waals surface area contributed by atoms with Gasteiger partial charge in [-0.15, -0.1) is 0 Å². The second-order valence-corrected chi connectivity index (χ2v) is 5.57. The van der Waals surface area contributed by atoms with E-state index in [4.69, 9.17) is 5.73 Å². The summed E-state index contributed by atoms with van der Waals surface area (Å²) in [6.07, 6.45) is 2.92. The Hall–Kier alpha value is -1.86. The minimum Gasteiger partial charge on any atom is -0.331 e. The fourth-order valence-corrected chi connectivity index (χ4v) is 2.90. The molecule has 0 radical (unpaired) electrons. The molecule has 4 heteroatoms. The van der Waals surface area contributed by atoms with Crippen LogP contribution in [-0.2, 0) is 7.05 Å². The summed E-state index contributed by atoms with van der Waals surface area (Å²) in [4.78, 5) is 4.53. The third kappa shape index (κ3) is 1.66. The van der Waals surface area contributed by atoms with Gasteiger partial charge in [0.05, 0.1) is 22.5 Å². The minimum atomic E-state index is -0.364. The Morgan fingerprint density at radius 2 is 2.21 bits per heavy atom. The van der Waals surface area contributed by atoms with Crippen LogP contribution in [0.5, 0.6) is 0 Å². The van der Waals surface area contributed by atoms with Gasteiger partial charge in [0.25, 0.3) is 0 Å². The maximum absolute atomic E-state index is 9.38. The average Bonchev–Trinajstić information content (AvgIpc) is 2.64. The highest BCUT2D eigenvalue weighted by Crippen LogP contribution is 2.48. The Balaban J connectivity index is 2.04. The van der Waals surface area contributed by atoms with Gasteiger partial charge < -0.3 is 10.3 Å². The Labute approximate surface area is 112 Å². The number of rotatable bonds is 2. The number of hydrogen-bond donors (Lipinski definition) is 1. The summed E-state index contributed by atoms with van der Waals surface area (Å²) in [6, 6.07) is 8.33. The van der Waals surface area contributed by atoms with E-state index in [0.717, 1.165) is 41.7 Å². The summed E-state index contributed by atoms with van der Waals surface area (Å²) >= 11 is 0. The minimum absolute atomic E-state index is 0.210. The van der Waals surface area contributed by atoms with Gasteiger partial charge >= 0.3 is 0 Å². The van der Waals surface area contributed by atoms with E-state index in [2.05, 4.69) is 15.6 Å². The van der Waals surface area contributed by atoms with E-state index in [1.165, 1.54) is 0 Å². The molecule has 1 fully saturated rings. The van der Waals surface area contributed by atoms with Crippen molar-refractivity contribution in [2.24, 2.45) is 18.2 Å². The SMILES string of the molecule is Cc1nc2cc(C(N)C3(C#N)CCC3)ccc2n1C. The average molecular weight is 254 g/mol. The molecular formula is C15H18N4. The Kier molecular flexibility index (Phi) is 2.61. The van der Waals surface area contributed by atoms with Gasteiger partial charge in [0, 0.05) is 13.1 Å². The topological polar surface area (TPSA) is 67.6 Å². The number of nitrogens with zero attached hydrogens (tertiary/aromatic N) is 3. The summed E-state index contributed by atoms with van der Waals surface area (Å²) in [5.74, 6) is 0.986. The quantitative estimate of drug-likeness (QED) is 0.895. The fourth-order valence-electron chi connectivity index (χ4n) is 2.90. The van der Waals surface area contributed by atoms with Crippen LogP contribution in [0, 0.1) is 23.7 Å². The lowest BCUT2D eigenvalue weighted by Crippen LogP contribution is -2.39. The van der Waals surface area contributed by atoms with Crippen LogP contribution in [0.25, 0.3) is 11.0 Å². The maximum Gasteiger partial charge on any atom is 0.106 e. The Bertz CT molecular complexity index is 673. The number of hydrogen-bond acceptors (Lipinski definition) is 3. The lowest BCUT2D eigenvalue weighted by atomic mass is 9.64. The highest BCUT2D eigenvalue weighted by molar-refractivity contribution is 5.77. The number of imidazole rings is 1. The number of benzene rings is 1. The zero-order chi connectivity index (χ0) is 13.6. The lowest BCUT2D eigenvalue weighted by Gasteiger charge is -2.40. The van der Waals surface area contributed by atoms with E-state index in [-0.39, 0.29) is 11.5 Å². The molecule has 0 saturated heterocycles. The molecule has 1 saturated carbocycles. The monoisotopic (exact) mass is 254 g/mol. The molecule has 1 unspecified atom stereocenters. The number of nitriles is 1. The van der Waals surface area contributed by atoms with Crippen LogP contribution in [0.15, 0.2) is 18.2 Å². The first-order valence-corrected chi connectivity index (χ1v) is 6.67. The van der Waals surface area contributed by atoms with Crippen molar-refractivity contribution in [3.05, 3.63) is 29.6 Å². The molecule has 1 aliphatic carbocycles. The Morgan fingerprint density at radius 1 is 1.47 bits per heavy atom.